The van der Waals surface area contributed by atoms with Crippen molar-refractivity contribution >= 4 is 5.69 Å². The maximum atomic E-state index is 10.0. The number of nitrogens with zero attached hydrogens (tertiary/aromatic N) is 7. The summed E-state index contributed by atoms with van der Waals surface area (Å²) in [7, 11) is 1.62. The summed E-state index contributed by atoms with van der Waals surface area (Å²) in [4.78, 5) is 18.5. The predicted molar refractivity (Wildman–Crippen MR) is 152 cm³/mol. The van der Waals surface area contributed by atoms with Crippen molar-refractivity contribution in [2.24, 2.45) is 0 Å². The summed E-state index contributed by atoms with van der Waals surface area (Å²) in [5.41, 5.74) is 6.01. The number of hydrogen-bond donors (Lipinski definition) is 1. The Kier molecular flexibility index (Phi) is 8.10. The summed E-state index contributed by atoms with van der Waals surface area (Å²) < 4.78 is 12.4. The van der Waals surface area contributed by atoms with E-state index in [1.54, 1.807) is 13.3 Å². The molecule has 3 aromatic heterocycles. The molecule has 0 aliphatic carbocycles. The summed E-state index contributed by atoms with van der Waals surface area (Å²) in [6, 6.07) is 14.8. The van der Waals surface area contributed by atoms with Crippen LogP contribution in [0.1, 0.15) is 17.4 Å². The lowest BCUT2D eigenvalue weighted by atomic mass is 10.1. The first-order chi connectivity index (χ1) is 19.7. The third-order valence-electron chi connectivity index (χ3n) is 7.51. The van der Waals surface area contributed by atoms with Crippen LogP contribution in [0, 0.1) is 0 Å². The van der Waals surface area contributed by atoms with Crippen molar-refractivity contribution in [1.29, 1.82) is 0 Å². The number of β-amino-alcohol motifs (C(OH)–C–C–N with tert-alkyl or cyclic N) is 1. The number of hydrogen-bond acceptors (Lipinski definition) is 9. The molecule has 2 saturated heterocycles. The van der Waals surface area contributed by atoms with Gasteiger partial charge in [-0.05, 0) is 35.9 Å². The molecule has 0 saturated carbocycles. The lowest BCUT2D eigenvalue weighted by Crippen LogP contribution is -2.49. The monoisotopic (exact) mass is 541 g/mol. The van der Waals surface area contributed by atoms with E-state index in [1.165, 1.54) is 5.69 Å². The van der Waals surface area contributed by atoms with Gasteiger partial charge in [-0.2, -0.15) is 5.10 Å². The summed E-state index contributed by atoms with van der Waals surface area (Å²) in [5.74, 6) is 0.769. The SMILES string of the molecule is COCC(O)CN1CCN(c2ccc(Cc3nccc(-c4cn(C5COC5)nc4-c4cccnc4)n3)cc2)CC1. The fraction of sp³-hybridized carbons (Fsp3) is 0.400. The predicted octanol–water partition coefficient (Wildman–Crippen LogP) is 2.69. The highest BCUT2D eigenvalue weighted by molar-refractivity contribution is 5.78. The van der Waals surface area contributed by atoms with E-state index in [4.69, 9.17) is 19.6 Å². The molecular formula is C30H35N7O3. The largest absolute Gasteiger partial charge is 0.389 e. The number of pyridine rings is 1. The molecule has 40 heavy (non-hydrogen) atoms. The van der Waals surface area contributed by atoms with E-state index in [1.807, 2.05) is 35.3 Å². The van der Waals surface area contributed by atoms with E-state index in [2.05, 4.69) is 50.2 Å². The number of piperazine rings is 1. The highest BCUT2D eigenvalue weighted by atomic mass is 16.5. The molecular weight excluding hydrogens is 506 g/mol. The number of benzene rings is 1. The Labute approximate surface area is 234 Å². The van der Waals surface area contributed by atoms with Crippen LogP contribution in [0.4, 0.5) is 5.69 Å². The van der Waals surface area contributed by atoms with Gasteiger partial charge in [-0.15, -0.1) is 0 Å². The van der Waals surface area contributed by atoms with Gasteiger partial charge in [0.1, 0.15) is 11.5 Å². The molecule has 2 aliphatic rings. The molecule has 0 bridgehead atoms. The van der Waals surface area contributed by atoms with Gasteiger partial charge in [0.05, 0.1) is 37.7 Å². The number of rotatable bonds is 10. The zero-order valence-electron chi connectivity index (χ0n) is 22.8. The first-order valence-corrected chi connectivity index (χ1v) is 13.8. The van der Waals surface area contributed by atoms with Crippen molar-refractivity contribution in [3.05, 3.63) is 78.6 Å². The molecule has 10 heteroatoms. The molecule has 2 fully saturated rings. The summed E-state index contributed by atoms with van der Waals surface area (Å²) in [6.45, 7) is 6.09. The summed E-state index contributed by atoms with van der Waals surface area (Å²) in [5, 5.41) is 14.9. The number of aromatic nitrogens is 5. The Hall–Kier alpha value is -3.70. The van der Waals surface area contributed by atoms with Crippen LogP contribution in [0.5, 0.6) is 0 Å². The van der Waals surface area contributed by atoms with Gasteiger partial charge in [0.2, 0.25) is 0 Å². The summed E-state index contributed by atoms with van der Waals surface area (Å²) >= 11 is 0. The standard InChI is InChI=1S/C30H35N7O3/c1-39-21-26(38)17-35-11-13-36(14-12-35)24-6-4-22(5-7-24)15-29-32-10-8-28(33-29)27-18-37(25-19-40-20-25)34-30(27)23-3-2-9-31-16-23/h2-10,16,18,25-26,38H,11-15,17,19-21H2,1H3. The molecule has 1 unspecified atom stereocenters. The maximum Gasteiger partial charge on any atom is 0.133 e. The van der Waals surface area contributed by atoms with E-state index >= 15 is 0 Å². The topological polar surface area (TPSA) is 102 Å². The van der Waals surface area contributed by atoms with E-state index < -0.39 is 6.10 Å². The molecule has 0 spiro atoms. The molecule has 5 heterocycles. The van der Waals surface area contributed by atoms with Gasteiger partial charge in [-0.3, -0.25) is 14.6 Å². The van der Waals surface area contributed by atoms with Crippen LogP contribution >= 0.6 is 0 Å². The Bertz CT molecular complexity index is 1380. The van der Waals surface area contributed by atoms with Crippen LogP contribution in [0.15, 0.2) is 67.3 Å². The third kappa shape index (κ3) is 6.05. The second-order valence-corrected chi connectivity index (χ2v) is 10.4. The van der Waals surface area contributed by atoms with E-state index in [-0.39, 0.29) is 6.04 Å². The zero-order valence-corrected chi connectivity index (χ0v) is 22.8. The van der Waals surface area contributed by atoms with Crippen LogP contribution < -0.4 is 4.90 Å². The Morgan fingerprint density at radius 3 is 2.58 bits per heavy atom. The average molecular weight is 542 g/mol. The molecule has 4 aromatic rings. The van der Waals surface area contributed by atoms with E-state index in [0.717, 1.165) is 60.1 Å². The van der Waals surface area contributed by atoms with Crippen molar-refractivity contribution < 1.29 is 14.6 Å². The molecule has 2 aliphatic heterocycles. The van der Waals surface area contributed by atoms with Crippen molar-refractivity contribution in [3.63, 3.8) is 0 Å². The fourth-order valence-electron chi connectivity index (χ4n) is 5.23. The highest BCUT2D eigenvalue weighted by Crippen LogP contribution is 2.32. The van der Waals surface area contributed by atoms with Gasteiger partial charge in [-0.25, -0.2) is 9.97 Å². The number of aliphatic hydroxyl groups excluding tert-OH is 1. The maximum absolute atomic E-state index is 10.0. The fourth-order valence-corrected chi connectivity index (χ4v) is 5.23. The van der Waals surface area contributed by atoms with Gasteiger partial charge < -0.3 is 19.5 Å². The van der Waals surface area contributed by atoms with Gasteiger partial charge in [-0.1, -0.05) is 12.1 Å². The Morgan fingerprint density at radius 2 is 1.88 bits per heavy atom. The van der Waals surface area contributed by atoms with Gasteiger partial charge in [0.25, 0.3) is 0 Å². The smallest absolute Gasteiger partial charge is 0.133 e. The molecule has 1 atom stereocenters. The van der Waals surface area contributed by atoms with Crippen molar-refractivity contribution in [2.75, 3.05) is 64.6 Å². The second kappa shape index (κ2) is 12.2. The van der Waals surface area contributed by atoms with Crippen LogP contribution in [0.3, 0.4) is 0 Å². The van der Waals surface area contributed by atoms with E-state index in [0.29, 0.717) is 32.8 Å². The lowest BCUT2D eigenvalue weighted by Gasteiger charge is -2.36. The van der Waals surface area contributed by atoms with Crippen molar-refractivity contribution in [2.45, 2.75) is 18.6 Å². The Morgan fingerprint density at radius 1 is 1.05 bits per heavy atom. The minimum absolute atomic E-state index is 0.245. The average Bonchev–Trinajstić information content (AvgIpc) is 3.38. The van der Waals surface area contributed by atoms with E-state index in [9.17, 15) is 5.11 Å². The third-order valence-corrected chi connectivity index (χ3v) is 7.51. The molecule has 6 rings (SSSR count). The highest BCUT2D eigenvalue weighted by Gasteiger charge is 2.25. The quantitative estimate of drug-likeness (QED) is 0.325. The summed E-state index contributed by atoms with van der Waals surface area (Å²) in [6.07, 6.45) is 7.70. The molecule has 0 amide bonds. The van der Waals surface area contributed by atoms with Crippen molar-refractivity contribution in [1.82, 2.24) is 29.6 Å². The normalized spacial score (nSPS) is 17.1. The van der Waals surface area contributed by atoms with Crippen LogP contribution in [0.2, 0.25) is 0 Å². The first-order valence-electron chi connectivity index (χ1n) is 13.8. The molecule has 1 aromatic carbocycles. The van der Waals surface area contributed by atoms with Gasteiger partial charge in [0, 0.05) is 87.9 Å². The minimum Gasteiger partial charge on any atom is -0.389 e. The minimum atomic E-state index is -0.438. The van der Waals surface area contributed by atoms with Crippen LogP contribution in [-0.2, 0) is 15.9 Å². The molecule has 1 N–H and O–H groups in total. The molecule has 208 valence electrons. The number of anilines is 1. The van der Waals surface area contributed by atoms with Gasteiger partial charge >= 0.3 is 0 Å². The van der Waals surface area contributed by atoms with Crippen molar-refractivity contribution in [3.8, 4) is 22.5 Å². The first kappa shape index (κ1) is 26.5. The van der Waals surface area contributed by atoms with Crippen LogP contribution in [0.25, 0.3) is 22.5 Å². The zero-order chi connectivity index (χ0) is 27.3. The lowest BCUT2D eigenvalue weighted by molar-refractivity contribution is -0.0285. The number of ether oxygens (including phenoxy) is 2. The van der Waals surface area contributed by atoms with Gasteiger partial charge in [0.15, 0.2) is 0 Å². The number of aliphatic hydroxyl groups is 1. The molecule has 0 radical (unpaired) electrons. The Balaban J connectivity index is 1.14. The second-order valence-electron chi connectivity index (χ2n) is 10.4. The molecule has 10 nitrogen and oxygen atoms in total. The van der Waals surface area contributed by atoms with Crippen LogP contribution in [-0.4, -0.2) is 100 Å². The number of methoxy groups -OCH3 is 1.